The van der Waals surface area contributed by atoms with Gasteiger partial charge >= 0.3 is 5.97 Å². The highest BCUT2D eigenvalue weighted by Gasteiger charge is 2.07. The zero-order valence-corrected chi connectivity index (χ0v) is 20.0. The Morgan fingerprint density at radius 3 is 1.91 bits per heavy atom. The summed E-state index contributed by atoms with van der Waals surface area (Å²) in [5.41, 5.74) is 0.903. The number of ether oxygens (including phenoxy) is 2. The molecule has 0 spiro atoms. The Morgan fingerprint density at radius 2 is 1.28 bits per heavy atom. The summed E-state index contributed by atoms with van der Waals surface area (Å²) in [6, 6.07) is 7.78. The molecular weight excluding hydrogens is 400 g/mol. The maximum absolute atomic E-state index is 12.0. The first-order chi connectivity index (χ1) is 15.7. The van der Waals surface area contributed by atoms with Crippen LogP contribution in [0.5, 0.6) is 11.5 Å². The molecule has 1 aromatic heterocycles. The van der Waals surface area contributed by atoms with Gasteiger partial charge in [-0.1, -0.05) is 78.1 Å². The van der Waals surface area contributed by atoms with Gasteiger partial charge in [0.05, 0.1) is 19.0 Å². The molecular formula is C27H40N2O3. The first kappa shape index (κ1) is 25.8. The molecule has 0 N–H and O–H groups in total. The molecule has 0 aliphatic rings. The molecule has 0 aliphatic heterocycles. The maximum atomic E-state index is 12.0. The van der Waals surface area contributed by atoms with Crippen molar-refractivity contribution in [2.24, 2.45) is 0 Å². The van der Waals surface area contributed by atoms with Gasteiger partial charge in [-0.2, -0.15) is 0 Å². The van der Waals surface area contributed by atoms with Crippen LogP contribution in [0.2, 0.25) is 0 Å². The Labute approximate surface area is 194 Å². The standard InChI is InChI=1S/C27H40N2O3/c1-3-5-7-9-10-11-12-13-15-26(30)32-25-21-28-27(29-22-25)23-16-18-24(19-17-23)31-20-14-8-6-4-2/h16-19,21-22H,3-15,20H2,1-2H3. The highest BCUT2D eigenvalue weighted by atomic mass is 16.5. The van der Waals surface area contributed by atoms with Crippen LogP contribution in [0.1, 0.15) is 97.3 Å². The predicted molar refractivity (Wildman–Crippen MR) is 130 cm³/mol. The lowest BCUT2D eigenvalue weighted by Gasteiger charge is -2.07. The van der Waals surface area contributed by atoms with Crippen LogP contribution >= 0.6 is 0 Å². The normalized spacial score (nSPS) is 10.8. The van der Waals surface area contributed by atoms with E-state index < -0.39 is 0 Å². The second kappa shape index (κ2) is 16.2. The summed E-state index contributed by atoms with van der Waals surface area (Å²) in [5, 5.41) is 0. The number of unbranched alkanes of at least 4 members (excludes halogenated alkanes) is 10. The van der Waals surface area contributed by atoms with E-state index >= 15 is 0 Å². The van der Waals surface area contributed by atoms with E-state index in [9.17, 15) is 4.79 Å². The Balaban J connectivity index is 1.67. The van der Waals surface area contributed by atoms with Gasteiger partial charge in [-0.05, 0) is 37.1 Å². The van der Waals surface area contributed by atoms with Gasteiger partial charge in [0.2, 0.25) is 0 Å². The molecule has 0 radical (unpaired) electrons. The van der Waals surface area contributed by atoms with Crippen LogP contribution in [-0.4, -0.2) is 22.5 Å². The lowest BCUT2D eigenvalue weighted by atomic mass is 10.1. The topological polar surface area (TPSA) is 61.3 Å². The summed E-state index contributed by atoms with van der Waals surface area (Å²) >= 11 is 0. The van der Waals surface area contributed by atoms with Crippen molar-refractivity contribution in [3.63, 3.8) is 0 Å². The van der Waals surface area contributed by atoms with Crippen LogP contribution in [0.25, 0.3) is 11.4 Å². The smallest absolute Gasteiger partial charge is 0.311 e. The summed E-state index contributed by atoms with van der Waals surface area (Å²) in [6.07, 6.45) is 18.0. The zero-order chi connectivity index (χ0) is 22.9. The van der Waals surface area contributed by atoms with Crippen molar-refractivity contribution in [2.45, 2.75) is 97.3 Å². The van der Waals surface area contributed by atoms with Crippen molar-refractivity contribution >= 4 is 5.97 Å². The van der Waals surface area contributed by atoms with Crippen molar-refractivity contribution in [2.75, 3.05) is 6.61 Å². The fourth-order valence-corrected chi connectivity index (χ4v) is 3.52. The molecule has 2 rings (SSSR count). The molecule has 2 aromatic rings. The average molecular weight is 441 g/mol. The first-order valence-electron chi connectivity index (χ1n) is 12.5. The van der Waals surface area contributed by atoms with E-state index in [0.29, 0.717) is 18.0 Å². The van der Waals surface area contributed by atoms with E-state index in [1.165, 1.54) is 57.8 Å². The van der Waals surface area contributed by atoms with Crippen LogP contribution in [0.15, 0.2) is 36.7 Å². The van der Waals surface area contributed by atoms with Crippen LogP contribution < -0.4 is 9.47 Å². The third-order valence-corrected chi connectivity index (χ3v) is 5.47. The number of benzene rings is 1. The molecule has 0 fully saturated rings. The van der Waals surface area contributed by atoms with E-state index in [0.717, 1.165) is 37.2 Å². The van der Waals surface area contributed by atoms with Crippen LogP contribution in [-0.2, 0) is 4.79 Å². The molecule has 0 amide bonds. The number of aromatic nitrogens is 2. The number of nitrogens with zero attached hydrogens (tertiary/aromatic N) is 2. The van der Waals surface area contributed by atoms with Gasteiger partial charge in [-0.3, -0.25) is 4.79 Å². The third kappa shape index (κ3) is 10.7. The van der Waals surface area contributed by atoms with E-state index in [4.69, 9.17) is 9.47 Å². The van der Waals surface area contributed by atoms with Crippen LogP contribution in [0.3, 0.4) is 0 Å². The van der Waals surface area contributed by atoms with Crippen LogP contribution in [0.4, 0.5) is 0 Å². The molecule has 1 heterocycles. The maximum Gasteiger partial charge on any atom is 0.311 e. The van der Waals surface area contributed by atoms with Gasteiger partial charge in [0.1, 0.15) is 5.75 Å². The second-order valence-electron chi connectivity index (χ2n) is 8.37. The summed E-state index contributed by atoms with van der Waals surface area (Å²) in [4.78, 5) is 20.7. The van der Waals surface area contributed by atoms with Gasteiger partial charge in [0.15, 0.2) is 11.6 Å². The van der Waals surface area contributed by atoms with Gasteiger partial charge in [0, 0.05) is 12.0 Å². The largest absolute Gasteiger partial charge is 0.494 e. The molecule has 176 valence electrons. The molecule has 0 aliphatic carbocycles. The van der Waals surface area contributed by atoms with Crippen molar-refractivity contribution in [3.05, 3.63) is 36.7 Å². The van der Waals surface area contributed by atoms with Crippen molar-refractivity contribution in [1.29, 1.82) is 0 Å². The van der Waals surface area contributed by atoms with Gasteiger partial charge in [0.25, 0.3) is 0 Å². The van der Waals surface area contributed by atoms with E-state index in [1.807, 2.05) is 24.3 Å². The van der Waals surface area contributed by atoms with Gasteiger partial charge in [-0.15, -0.1) is 0 Å². The summed E-state index contributed by atoms with van der Waals surface area (Å²) in [5.74, 6) is 1.64. The SMILES string of the molecule is CCCCCCCCCCC(=O)Oc1cnc(-c2ccc(OCCCCCC)cc2)nc1. The average Bonchev–Trinajstić information content (AvgIpc) is 2.82. The molecule has 32 heavy (non-hydrogen) atoms. The lowest BCUT2D eigenvalue weighted by molar-refractivity contribution is -0.134. The molecule has 5 heteroatoms. The fourth-order valence-electron chi connectivity index (χ4n) is 3.52. The minimum atomic E-state index is -0.215. The number of hydrogen-bond acceptors (Lipinski definition) is 5. The van der Waals surface area contributed by atoms with E-state index in [1.54, 1.807) is 12.4 Å². The molecule has 0 saturated heterocycles. The molecule has 0 bridgehead atoms. The minimum Gasteiger partial charge on any atom is -0.494 e. The first-order valence-corrected chi connectivity index (χ1v) is 12.5. The molecule has 0 saturated carbocycles. The Kier molecular flexibility index (Phi) is 13.1. The quantitative estimate of drug-likeness (QED) is 0.188. The molecule has 5 nitrogen and oxygen atoms in total. The Bertz CT molecular complexity index is 745. The highest BCUT2D eigenvalue weighted by molar-refractivity contribution is 5.72. The number of esters is 1. The van der Waals surface area contributed by atoms with Crippen LogP contribution in [0, 0.1) is 0 Å². The van der Waals surface area contributed by atoms with Gasteiger partial charge in [-0.25, -0.2) is 9.97 Å². The number of carbonyl (C=O) groups is 1. The summed E-state index contributed by atoms with van der Waals surface area (Å²) < 4.78 is 11.1. The molecule has 1 aromatic carbocycles. The highest BCUT2D eigenvalue weighted by Crippen LogP contribution is 2.21. The number of rotatable bonds is 17. The van der Waals surface area contributed by atoms with E-state index in [-0.39, 0.29) is 5.97 Å². The third-order valence-electron chi connectivity index (χ3n) is 5.47. The molecule has 0 unspecified atom stereocenters. The van der Waals surface area contributed by atoms with E-state index in [2.05, 4.69) is 23.8 Å². The fraction of sp³-hybridized carbons (Fsp3) is 0.593. The lowest BCUT2D eigenvalue weighted by Crippen LogP contribution is -2.08. The summed E-state index contributed by atoms with van der Waals surface area (Å²) in [6.45, 7) is 5.18. The van der Waals surface area contributed by atoms with Gasteiger partial charge < -0.3 is 9.47 Å². The predicted octanol–water partition coefficient (Wildman–Crippen LogP) is 7.54. The minimum absolute atomic E-state index is 0.215. The Hall–Kier alpha value is -2.43. The zero-order valence-electron chi connectivity index (χ0n) is 20.0. The summed E-state index contributed by atoms with van der Waals surface area (Å²) in [7, 11) is 0. The Morgan fingerprint density at radius 1 is 0.719 bits per heavy atom. The van der Waals surface area contributed by atoms with Crippen molar-refractivity contribution < 1.29 is 14.3 Å². The molecule has 0 atom stereocenters. The monoisotopic (exact) mass is 440 g/mol. The number of hydrogen-bond donors (Lipinski definition) is 0. The van der Waals surface area contributed by atoms with Crippen molar-refractivity contribution in [1.82, 2.24) is 9.97 Å². The number of carbonyl (C=O) groups excluding carboxylic acids is 1. The van der Waals surface area contributed by atoms with Crippen molar-refractivity contribution in [3.8, 4) is 22.9 Å². The second-order valence-corrected chi connectivity index (χ2v) is 8.37.